The molecule has 0 saturated carbocycles. The lowest BCUT2D eigenvalue weighted by Gasteiger charge is -2.24. The Hall–Kier alpha value is -0.970. The highest BCUT2D eigenvalue weighted by Gasteiger charge is 2.32. The predicted molar refractivity (Wildman–Crippen MR) is 63.2 cm³/mol. The number of hydrogen-bond acceptors (Lipinski definition) is 3. The van der Waals surface area contributed by atoms with Crippen LogP contribution in [0.4, 0.5) is 4.39 Å². The molecule has 0 unspecified atom stereocenters. The molecule has 1 saturated heterocycles. The van der Waals surface area contributed by atoms with Crippen LogP contribution in [0.15, 0.2) is 24.3 Å². The Kier molecular flexibility index (Phi) is 3.76. The molecule has 1 fully saturated rings. The van der Waals surface area contributed by atoms with Gasteiger partial charge in [0.15, 0.2) is 0 Å². The average Bonchev–Trinajstić information content (AvgIpc) is 2.74. The van der Waals surface area contributed by atoms with E-state index in [4.69, 9.17) is 4.74 Å². The van der Waals surface area contributed by atoms with Gasteiger partial charge < -0.3 is 15.2 Å². The number of hydrogen-bond donors (Lipinski definition) is 2. The minimum Gasteiger partial charge on any atom is -0.386 e. The molecule has 1 aliphatic rings. The molecule has 0 radical (unpaired) electrons. The second-order valence-electron chi connectivity index (χ2n) is 4.68. The van der Waals surface area contributed by atoms with E-state index in [1.54, 1.807) is 6.07 Å². The van der Waals surface area contributed by atoms with Gasteiger partial charge in [-0.15, -0.1) is 0 Å². The van der Waals surface area contributed by atoms with Crippen molar-refractivity contribution in [2.24, 2.45) is 0 Å². The van der Waals surface area contributed by atoms with E-state index in [9.17, 15) is 9.50 Å². The summed E-state index contributed by atoms with van der Waals surface area (Å²) in [6.07, 6.45) is 0.649. The second kappa shape index (κ2) is 5.12. The molecule has 17 heavy (non-hydrogen) atoms. The Morgan fingerprint density at radius 1 is 1.59 bits per heavy atom. The molecule has 0 bridgehead atoms. The summed E-state index contributed by atoms with van der Waals surface area (Å²) in [4.78, 5) is 0. The first-order valence-corrected chi connectivity index (χ1v) is 5.88. The van der Waals surface area contributed by atoms with E-state index < -0.39 is 5.60 Å². The van der Waals surface area contributed by atoms with Crippen LogP contribution in [0.1, 0.15) is 24.9 Å². The average molecular weight is 239 g/mol. The molecule has 1 aromatic carbocycles. The van der Waals surface area contributed by atoms with Crippen molar-refractivity contribution in [3.05, 3.63) is 35.6 Å². The highest BCUT2D eigenvalue weighted by molar-refractivity contribution is 5.19. The maximum Gasteiger partial charge on any atom is 0.123 e. The molecule has 0 spiro atoms. The Bertz CT molecular complexity index is 377. The van der Waals surface area contributed by atoms with Crippen LogP contribution in [0.5, 0.6) is 0 Å². The summed E-state index contributed by atoms with van der Waals surface area (Å²) in [7, 11) is 0. The van der Waals surface area contributed by atoms with Gasteiger partial charge in [0.1, 0.15) is 11.4 Å². The molecule has 2 N–H and O–H groups in total. The third kappa shape index (κ3) is 3.25. The lowest BCUT2D eigenvalue weighted by atomic mass is 10.0. The van der Waals surface area contributed by atoms with Gasteiger partial charge in [-0.2, -0.15) is 0 Å². The van der Waals surface area contributed by atoms with E-state index in [1.165, 1.54) is 12.1 Å². The molecular weight excluding hydrogens is 221 g/mol. The summed E-state index contributed by atoms with van der Waals surface area (Å²) in [5.74, 6) is -0.237. The van der Waals surface area contributed by atoms with Gasteiger partial charge in [0.05, 0.1) is 6.61 Å². The number of benzene rings is 1. The van der Waals surface area contributed by atoms with Crippen LogP contribution in [0.3, 0.4) is 0 Å². The van der Waals surface area contributed by atoms with E-state index in [-0.39, 0.29) is 11.9 Å². The van der Waals surface area contributed by atoms with Crippen LogP contribution in [0, 0.1) is 5.82 Å². The minimum absolute atomic E-state index is 0.00956. The van der Waals surface area contributed by atoms with Crippen molar-refractivity contribution in [2.75, 3.05) is 19.8 Å². The van der Waals surface area contributed by atoms with Crippen molar-refractivity contribution < 1.29 is 14.2 Å². The molecule has 1 aliphatic heterocycles. The topological polar surface area (TPSA) is 41.5 Å². The van der Waals surface area contributed by atoms with Crippen LogP contribution in [-0.4, -0.2) is 30.5 Å². The van der Waals surface area contributed by atoms with Gasteiger partial charge in [0.25, 0.3) is 0 Å². The quantitative estimate of drug-likeness (QED) is 0.839. The molecule has 2 atom stereocenters. The van der Waals surface area contributed by atoms with E-state index >= 15 is 0 Å². The molecule has 1 heterocycles. The number of nitrogens with one attached hydrogen (secondary N) is 1. The Balaban J connectivity index is 1.91. The normalized spacial score (nSPS) is 26.1. The van der Waals surface area contributed by atoms with Crippen LogP contribution in [0.2, 0.25) is 0 Å². The van der Waals surface area contributed by atoms with Crippen LogP contribution in [0.25, 0.3) is 0 Å². The lowest BCUT2D eigenvalue weighted by Crippen LogP contribution is -2.41. The van der Waals surface area contributed by atoms with Crippen molar-refractivity contribution in [1.82, 2.24) is 5.32 Å². The number of ether oxygens (including phenoxy) is 1. The lowest BCUT2D eigenvalue weighted by molar-refractivity contribution is 0.0252. The molecule has 0 aliphatic carbocycles. The van der Waals surface area contributed by atoms with Gasteiger partial charge >= 0.3 is 0 Å². The molecule has 0 amide bonds. The summed E-state index contributed by atoms with van der Waals surface area (Å²) < 4.78 is 18.2. The molecule has 3 nitrogen and oxygen atoms in total. The van der Waals surface area contributed by atoms with E-state index in [0.29, 0.717) is 26.2 Å². The number of aliphatic hydroxyl groups is 1. The first-order chi connectivity index (χ1) is 8.09. The zero-order chi connectivity index (χ0) is 12.3. The smallest absolute Gasteiger partial charge is 0.123 e. The van der Waals surface area contributed by atoms with Crippen LogP contribution in [-0.2, 0) is 4.74 Å². The van der Waals surface area contributed by atoms with Crippen LogP contribution >= 0.6 is 0 Å². The Morgan fingerprint density at radius 3 is 3.06 bits per heavy atom. The highest BCUT2D eigenvalue weighted by atomic mass is 19.1. The van der Waals surface area contributed by atoms with Crippen molar-refractivity contribution in [2.45, 2.75) is 25.0 Å². The highest BCUT2D eigenvalue weighted by Crippen LogP contribution is 2.19. The Morgan fingerprint density at radius 2 is 2.41 bits per heavy atom. The Labute approximate surface area is 101 Å². The fourth-order valence-electron chi connectivity index (χ4n) is 1.97. The zero-order valence-corrected chi connectivity index (χ0v) is 9.95. The van der Waals surface area contributed by atoms with Crippen LogP contribution < -0.4 is 5.32 Å². The van der Waals surface area contributed by atoms with Crippen molar-refractivity contribution in [1.29, 1.82) is 0 Å². The first-order valence-electron chi connectivity index (χ1n) is 5.88. The van der Waals surface area contributed by atoms with Gasteiger partial charge in [-0.25, -0.2) is 4.39 Å². The summed E-state index contributed by atoms with van der Waals surface area (Å²) in [6, 6.07) is 6.50. The van der Waals surface area contributed by atoms with Gasteiger partial charge in [0, 0.05) is 25.6 Å². The summed E-state index contributed by atoms with van der Waals surface area (Å²) in [5.41, 5.74) is 0.106. The minimum atomic E-state index is -0.776. The van der Waals surface area contributed by atoms with Crippen molar-refractivity contribution in [3.63, 3.8) is 0 Å². The zero-order valence-electron chi connectivity index (χ0n) is 9.95. The van der Waals surface area contributed by atoms with Gasteiger partial charge in [0.2, 0.25) is 0 Å². The summed E-state index contributed by atoms with van der Waals surface area (Å²) in [6.45, 7) is 3.39. The molecule has 0 aromatic heterocycles. The van der Waals surface area contributed by atoms with E-state index in [2.05, 4.69) is 5.32 Å². The third-order valence-corrected chi connectivity index (χ3v) is 3.17. The largest absolute Gasteiger partial charge is 0.386 e. The van der Waals surface area contributed by atoms with Gasteiger partial charge in [-0.05, 0) is 24.6 Å². The monoisotopic (exact) mass is 239 g/mol. The molecule has 2 rings (SSSR count). The first kappa shape index (κ1) is 12.5. The summed E-state index contributed by atoms with van der Waals surface area (Å²) >= 11 is 0. The summed E-state index contributed by atoms with van der Waals surface area (Å²) in [5, 5.41) is 13.3. The van der Waals surface area contributed by atoms with Gasteiger partial charge in [-0.3, -0.25) is 0 Å². The molecule has 1 aromatic rings. The fraction of sp³-hybridized carbons (Fsp3) is 0.538. The van der Waals surface area contributed by atoms with Crippen molar-refractivity contribution in [3.8, 4) is 0 Å². The molecular formula is C13H18FNO2. The maximum absolute atomic E-state index is 13.0. The number of halogens is 1. The van der Waals surface area contributed by atoms with E-state index in [1.807, 2.05) is 13.0 Å². The number of rotatable bonds is 4. The second-order valence-corrected chi connectivity index (χ2v) is 4.68. The predicted octanol–water partition coefficient (Wildman–Crippen LogP) is 1.63. The van der Waals surface area contributed by atoms with Crippen molar-refractivity contribution >= 4 is 0 Å². The molecule has 94 valence electrons. The molecule has 4 heteroatoms. The standard InChI is InChI=1S/C13H18FNO2/c1-10(11-3-2-4-12(14)7-11)15-8-13(16)5-6-17-9-13/h2-4,7,10,15-16H,5-6,8-9H2,1H3/t10-,13+/m0/s1. The fourth-order valence-corrected chi connectivity index (χ4v) is 1.97. The van der Waals surface area contributed by atoms with Gasteiger partial charge in [-0.1, -0.05) is 12.1 Å². The third-order valence-electron chi connectivity index (χ3n) is 3.17. The maximum atomic E-state index is 13.0. The SMILES string of the molecule is C[C@H](NC[C@]1(O)CCOC1)c1cccc(F)c1. The van der Waals surface area contributed by atoms with E-state index in [0.717, 1.165) is 5.56 Å².